The van der Waals surface area contributed by atoms with Gasteiger partial charge in [-0.3, -0.25) is 0 Å². The normalized spacial score (nSPS) is 24.3. The molecule has 2 N–H and O–H groups in total. The molecule has 0 aromatic carbocycles. The van der Waals surface area contributed by atoms with Crippen LogP contribution in [0.25, 0.3) is 0 Å². The van der Waals surface area contributed by atoms with Gasteiger partial charge in [0.15, 0.2) is 0 Å². The molecule has 1 fully saturated rings. The van der Waals surface area contributed by atoms with E-state index in [0.717, 1.165) is 19.6 Å². The maximum absolute atomic E-state index is 11.1. The average Bonchev–Trinajstić information content (AvgIpc) is 2.70. The van der Waals surface area contributed by atoms with Gasteiger partial charge in [-0.25, -0.2) is 13.1 Å². The van der Waals surface area contributed by atoms with Crippen molar-refractivity contribution >= 4 is 10.0 Å². The maximum Gasteiger partial charge on any atom is 0.212 e. The first-order chi connectivity index (χ1) is 7.05. The Morgan fingerprint density at radius 1 is 1.53 bits per heavy atom. The first-order valence-electron chi connectivity index (χ1n) is 5.27. The molecule has 1 saturated heterocycles. The highest BCUT2D eigenvalue weighted by Gasteiger charge is 2.21. The van der Waals surface area contributed by atoms with Gasteiger partial charge in [0.2, 0.25) is 10.0 Å². The molecule has 0 aromatic rings. The van der Waals surface area contributed by atoms with E-state index in [1.165, 1.54) is 7.05 Å². The van der Waals surface area contributed by atoms with Gasteiger partial charge in [0.05, 0.1) is 12.4 Å². The average molecular weight is 236 g/mol. The molecule has 15 heavy (non-hydrogen) atoms. The minimum Gasteiger partial charge on any atom is -0.381 e. The van der Waals surface area contributed by atoms with Gasteiger partial charge >= 0.3 is 0 Å². The number of nitrogens with one attached hydrogen (secondary N) is 2. The minimum absolute atomic E-state index is 0.126. The summed E-state index contributed by atoms with van der Waals surface area (Å²) in [6.45, 7) is 4.17. The van der Waals surface area contributed by atoms with Gasteiger partial charge in [-0.15, -0.1) is 0 Å². The molecule has 1 aliphatic rings. The van der Waals surface area contributed by atoms with E-state index >= 15 is 0 Å². The smallest absolute Gasteiger partial charge is 0.212 e. The molecule has 0 aliphatic carbocycles. The SMILES string of the molecule is CNS(=O)(=O)CCNC(C)C1CCOC1. The molecule has 0 amide bonds. The highest BCUT2D eigenvalue weighted by Crippen LogP contribution is 2.15. The molecule has 2 atom stereocenters. The number of sulfonamides is 1. The zero-order valence-corrected chi connectivity index (χ0v) is 10.1. The molecule has 1 aliphatic heterocycles. The molecule has 0 aromatic heterocycles. The summed E-state index contributed by atoms with van der Waals surface area (Å²) in [5, 5.41) is 3.22. The zero-order chi connectivity index (χ0) is 11.3. The standard InChI is InChI=1S/C9H20N2O3S/c1-8(9-3-5-14-7-9)11-4-6-15(12,13)10-2/h8-11H,3-7H2,1-2H3. The fraction of sp³-hybridized carbons (Fsp3) is 1.00. The van der Waals surface area contributed by atoms with E-state index in [1.54, 1.807) is 0 Å². The van der Waals surface area contributed by atoms with Crippen LogP contribution < -0.4 is 10.0 Å². The van der Waals surface area contributed by atoms with Crippen molar-refractivity contribution in [2.45, 2.75) is 19.4 Å². The lowest BCUT2D eigenvalue weighted by Gasteiger charge is -2.18. The Morgan fingerprint density at radius 2 is 2.27 bits per heavy atom. The maximum atomic E-state index is 11.1. The summed E-state index contributed by atoms with van der Waals surface area (Å²) in [5.41, 5.74) is 0. The Kier molecular flexibility index (Phi) is 4.98. The van der Waals surface area contributed by atoms with Crippen LogP contribution in [0.4, 0.5) is 0 Å². The Balaban J connectivity index is 2.19. The van der Waals surface area contributed by atoms with Gasteiger partial charge in [-0.2, -0.15) is 0 Å². The predicted octanol–water partition coefficient (Wildman–Crippen LogP) is -0.450. The van der Waals surface area contributed by atoms with Crippen molar-refractivity contribution in [3.8, 4) is 0 Å². The zero-order valence-electron chi connectivity index (χ0n) is 9.32. The van der Waals surface area contributed by atoms with Crippen molar-refractivity contribution in [3.05, 3.63) is 0 Å². The Bertz CT molecular complexity index is 273. The molecule has 1 heterocycles. The summed E-state index contributed by atoms with van der Waals surface area (Å²) in [4.78, 5) is 0. The van der Waals surface area contributed by atoms with Crippen LogP contribution in [0.3, 0.4) is 0 Å². The third-order valence-corrected chi connectivity index (χ3v) is 4.18. The summed E-state index contributed by atoms with van der Waals surface area (Å²) >= 11 is 0. The number of rotatable bonds is 6. The van der Waals surface area contributed by atoms with E-state index in [1.807, 2.05) is 0 Å². The highest BCUT2D eigenvalue weighted by molar-refractivity contribution is 7.89. The fourth-order valence-electron chi connectivity index (χ4n) is 1.64. The van der Waals surface area contributed by atoms with E-state index in [0.29, 0.717) is 18.5 Å². The second kappa shape index (κ2) is 5.79. The molecular weight excluding hydrogens is 216 g/mol. The van der Waals surface area contributed by atoms with Crippen molar-refractivity contribution in [2.24, 2.45) is 5.92 Å². The predicted molar refractivity (Wildman–Crippen MR) is 59.2 cm³/mol. The summed E-state index contributed by atoms with van der Waals surface area (Å²) in [5.74, 6) is 0.642. The van der Waals surface area contributed by atoms with E-state index < -0.39 is 10.0 Å². The lowest BCUT2D eigenvalue weighted by Crippen LogP contribution is -2.38. The lowest BCUT2D eigenvalue weighted by molar-refractivity contribution is 0.178. The van der Waals surface area contributed by atoms with Gasteiger partial charge in [0, 0.05) is 19.2 Å². The quantitative estimate of drug-likeness (QED) is 0.655. The molecule has 2 unspecified atom stereocenters. The molecule has 0 saturated carbocycles. The van der Waals surface area contributed by atoms with Crippen LogP contribution in [0.15, 0.2) is 0 Å². The van der Waals surface area contributed by atoms with E-state index in [9.17, 15) is 8.42 Å². The van der Waals surface area contributed by atoms with E-state index in [2.05, 4.69) is 17.0 Å². The Morgan fingerprint density at radius 3 is 2.80 bits per heavy atom. The van der Waals surface area contributed by atoms with E-state index in [4.69, 9.17) is 4.74 Å². The number of hydrogen-bond donors (Lipinski definition) is 2. The molecular formula is C9H20N2O3S. The van der Waals surface area contributed by atoms with Gasteiger partial charge in [-0.05, 0) is 26.3 Å². The monoisotopic (exact) mass is 236 g/mol. The molecule has 90 valence electrons. The topological polar surface area (TPSA) is 67.4 Å². The van der Waals surface area contributed by atoms with Gasteiger partial charge in [-0.1, -0.05) is 0 Å². The molecule has 0 bridgehead atoms. The first kappa shape index (κ1) is 12.9. The second-order valence-corrected chi connectivity index (χ2v) is 5.94. The summed E-state index contributed by atoms with van der Waals surface area (Å²) < 4.78 is 29.8. The number of ether oxygens (including phenoxy) is 1. The first-order valence-corrected chi connectivity index (χ1v) is 6.93. The highest BCUT2D eigenvalue weighted by atomic mass is 32.2. The van der Waals surface area contributed by atoms with Crippen LogP contribution in [0.1, 0.15) is 13.3 Å². The molecule has 0 spiro atoms. The van der Waals surface area contributed by atoms with Crippen LogP contribution in [-0.4, -0.2) is 47.0 Å². The summed E-state index contributed by atoms with van der Waals surface area (Å²) in [6.07, 6.45) is 1.06. The van der Waals surface area contributed by atoms with Crippen LogP contribution in [0, 0.1) is 5.92 Å². The van der Waals surface area contributed by atoms with Crippen molar-refractivity contribution in [3.63, 3.8) is 0 Å². The van der Waals surface area contributed by atoms with Gasteiger partial charge in [0.1, 0.15) is 0 Å². The summed E-state index contributed by atoms with van der Waals surface area (Å²) in [6, 6.07) is 0.319. The van der Waals surface area contributed by atoms with Crippen molar-refractivity contribution in [1.29, 1.82) is 0 Å². The van der Waals surface area contributed by atoms with E-state index in [-0.39, 0.29) is 5.75 Å². The van der Waals surface area contributed by atoms with Crippen LogP contribution in [0.5, 0.6) is 0 Å². The van der Waals surface area contributed by atoms with Crippen LogP contribution >= 0.6 is 0 Å². The molecule has 1 rings (SSSR count). The number of hydrogen-bond acceptors (Lipinski definition) is 4. The van der Waals surface area contributed by atoms with Gasteiger partial charge < -0.3 is 10.1 Å². The van der Waals surface area contributed by atoms with Crippen molar-refractivity contribution in [1.82, 2.24) is 10.0 Å². The minimum atomic E-state index is -3.08. The van der Waals surface area contributed by atoms with Crippen LogP contribution in [-0.2, 0) is 14.8 Å². The molecule has 0 radical (unpaired) electrons. The van der Waals surface area contributed by atoms with Gasteiger partial charge in [0.25, 0.3) is 0 Å². The molecule has 6 heteroatoms. The summed E-state index contributed by atoms with van der Waals surface area (Å²) in [7, 11) is -1.65. The molecule has 5 nitrogen and oxygen atoms in total. The fourth-order valence-corrected chi connectivity index (χ4v) is 2.23. The third-order valence-electron chi connectivity index (χ3n) is 2.82. The lowest BCUT2D eigenvalue weighted by atomic mass is 10.0. The van der Waals surface area contributed by atoms with Crippen LogP contribution in [0.2, 0.25) is 0 Å². The van der Waals surface area contributed by atoms with Crippen molar-refractivity contribution in [2.75, 3.05) is 32.6 Å². The Hall–Kier alpha value is -0.170. The largest absolute Gasteiger partial charge is 0.381 e. The Labute approximate surface area is 91.6 Å². The van der Waals surface area contributed by atoms with Crippen molar-refractivity contribution < 1.29 is 13.2 Å². The third kappa shape index (κ3) is 4.46. The second-order valence-electron chi connectivity index (χ2n) is 3.89.